The predicted octanol–water partition coefficient (Wildman–Crippen LogP) is 0.878. The number of esters is 1. The lowest BCUT2D eigenvalue weighted by Gasteiger charge is -2.01. The van der Waals surface area contributed by atoms with Crippen LogP contribution in [-0.4, -0.2) is 11.6 Å². The molecule has 0 aromatic heterocycles. The Balaban J connectivity index is 1.90. The van der Waals surface area contributed by atoms with E-state index in [4.69, 9.17) is 4.74 Å². The minimum atomic E-state index is -0.269. The minimum Gasteiger partial charge on any atom is -0.456 e. The van der Waals surface area contributed by atoms with Gasteiger partial charge in [-0.15, -0.1) is 0 Å². The van der Waals surface area contributed by atoms with Crippen molar-refractivity contribution in [3.8, 4) is 0 Å². The average molecular weight is 124 g/mol. The van der Waals surface area contributed by atoms with Crippen LogP contribution in [-0.2, 0) is 9.53 Å². The van der Waals surface area contributed by atoms with Crippen LogP contribution in [0.15, 0.2) is 12.7 Å². The summed E-state index contributed by atoms with van der Waals surface area (Å²) in [6, 6.07) is 0. The SMILES string of the molecule is C=CC(=O)OC12CC1C2. The zero-order chi connectivity index (χ0) is 6.48. The van der Waals surface area contributed by atoms with Gasteiger partial charge in [0.25, 0.3) is 0 Å². The van der Waals surface area contributed by atoms with Gasteiger partial charge in [0.15, 0.2) is 0 Å². The van der Waals surface area contributed by atoms with Crippen molar-refractivity contribution < 1.29 is 9.53 Å². The predicted molar refractivity (Wildman–Crippen MR) is 31.7 cm³/mol. The smallest absolute Gasteiger partial charge is 0.330 e. The van der Waals surface area contributed by atoms with E-state index in [9.17, 15) is 4.79 Å². The maximum atomic E-state index is 10.6. The zero-order valence-electron chi connectivity index (χ0n) is 5.09. The van der Waals surface area contributed by atoms with E-state index in [0.29, 0.717) is 5.92 Å². The quantitative estimate of drug-likeness (QED) is 0.403. The van der Waals surface area contributed by atoms with Gasteiger partial charge < -0.3 is 4.74 Å². The van der Waals surface area contributed by atoms with Crippen LogP contribution >= 0.6 is 0 Å². The molecule has 0 amide bonds. The molecule has 0 aliphatic heterocycles. The Morgan fingerprint density at radius 2 is 2.33 bits per heavy atom. The number of carbonyl (C=O) groups is 1. The molecule has 0 bridgehead atoms. The van der Waals surface area contributed by atoms with Crippen molar-refractivity contribution in [2.75, 3.05) is 0 Å². The van der Waals surface area contributed by atoms with Gasteiger partial charge in [0.1, 0.15) is 5.60 Å². The third kappa shape index (κ3) is 0.590. The molecule has 0 radical (unpaired) electrons. The fourth-order valence-corrected chi connectivity index (χ4v) is 1.07. The van der Waals surface area contributed by atoms with Gasteiger partial charge >= 0.3 is 5.97 Å². The van der Waals surface area contributed by atoms with Crippen LogP contribution in [0.4, 0.5) is 0 Å². The first kappa shape index (κ1) is 5.03. The summed E-state index contributed by atoms with van der Waals surface area (Å²) in [4.78, 5) is 10.6. The van der Waals surface area contributed by atoms with Crippen LogP contribution in [0.3, 0.4) is 0 Å². The molecule has 2 fully saturated rings. The molecule has 0 atom stereocenters. The van der Waals surface area contributed by atoms with Crippen LogP contribution in [0, 0.1) is 5.92 Å². The molecule has 0 heterocycles. The fourth-order valence-electron chi connectivity index (χ4n) is 1.07. The third-order valence-corrected chi connectivity index (χ3v) is 2.08. The summed E-state index contributed by atoms with van der Waals surface area (Å²) in [5.74, 6) is 0.441. The normalized spacial score (nSPS) is 42.9. The molecule has 0 saturated heterocycles. The Labute approximate surface area is 53.5 Å². The molecule has 2 heteroatoms. The lowest BCUT2D eigenvalue weighted by molar-refractivity contribution is -0.141. The molecule has 0 spiro atoms. The molecule has 9 heavy (non-hydrogen) atoms. The molecule has 2 aliphatic rings. The second-order valence-corrected chi connectivity index (χ2v) is 2.80. The molecule has 2 saturated carbocycles. The highest BCUT2D eigenvalue weighted by molar-refractivity contribution is 5.82. The van der Waals surface area contributed by atoms with Crippen LogP contribution in [0.2, 0.25) is 0 Å². The van der Waals surface area contributed by atoms with E-state index in [1.165, 1.54) is 6.08 Å². The lowest BCUT2D eigenvalue weighted by Crippen LogP contribution is -2.07. The van der Waals surface area contributed by atoms with E-state index in [1.54, 1.807) is 0 Å². The van der Waals surface area contributed by atoms with Crippen molar-refractivity contribution in [1.82, 2.24) is 0 Å². The van der Waals surface area contributed by atoms with Gasteiger partial charge in [-0.25, -0.2) is 4.79 Å². The van der Waals surface area contributed by atoms with E-state index in [1.807, 2.05) is 0 Å². The third-order valence-electron chi connectivity index (χ3n) is 2.08. The van der Waals surface area contributed by atoms with Crippen molar-refractivity contribution in [3.63, 3.8) is 0 Å². The monoisotopic (exact) mass is 124 g/mol. The van der Waals surface area contributed by atoms with Crippen LogP contribution in [0.5, 0.6) is 0 Å². The molecule has 0 aromatic rings. The standard InChI is InChI=1S/C7H8O2/c1-2-6(8)9-7-3-5(7)4-7/h2,5H,1,3-4H2. The molecule has 2 nitrogen and oxygen atoms in total. The fraction of sp³-hybridized carbons (Fsp3) is 0.571. The van der Waals surface area contributed by atoms with Gasteiger partial charge in [-0.05, 0) is 12.8 Å². The Kier molecular flexibility index (Phi) is 0.672. The summed E-state index contributed by atoms with van der Waals surface area (Å²) >= 11 is 0. The number of carbonyl (C=O) groups excluding carboxylic acids is 1. The Hall–Kier alpha value is -0.790. The number of hydrogen-bond donors (Lipinski definition) is 0. The average Bonchev–Trinajstić information content (AvgIpc) is 2.54. The van der Waals surface area contributed by atoms with Gasteiger partial charge in [-0.3, -0.25) is 0 Å². The highest BCUT2D eigenvalue weighted by Crippen LogP contribution is 2.69. The van der Waals surface area contributed by atoms with Gasteiger partial charge in [-0.1, -0.05) is 6.58 Å². The Bertz CT molecular complexity index is 177. The first-order chi connectivity index (χ1) is 4.27. The summed E-state index contributed by atoms with van der Waals surface area (Å²) in [6.45, 7) is 3.32. The van der Waals surface area contributed by atoms with Crippen LogP contribution in [0.25, 0.3) is 0 Å². The molecule has 48 valence electrons. The van der Waals surface area contributed by atoms with E-state index in [0.717, 1.165) is 12.8 Å². The van der Waals surface area contributed by atoms with Gasteiger partial charge in [0.2, 0.25) is 0 Å². The molecular formula is C7H8O2. The van der Waals surface area contributed by atoms with Gasteiger partial charge in [0.05, 0.1) is 0 Å². The second-order valence-electron chi connectivity index (χ2n) is 2.80. The van der Waals surface area contributed by atoms with Crippen molar-refractivity contribution in [2.45, 2.75) is 18.4 Å². The Morgan fingerprint density at radius 1 is 1.78 bits per heavy atom. The van der Waals surface area contributed by atoms with E-state index in [2.05, 4.69) is 6.58 Å². The first-order valence-electron chi connectivity index (χ1n) is 3.12. The highest BCUT2D eigenvalue weighted by Gasteiger charge is 2.73. The molecule has 0 N–H and O–H groups in total. The summed E-state index contributed by atoms with van der Waals surface area (Å²) in [5.41, 5.74) is 0.0191. The van der Waals surface area contributed by atoms with Crippen molar-refractivity contribution in [2.24, 2.45) is 5.92 Å². The molecule has 0 unspecified atom stereocenters. The highest BCUT2D eigenvalue weighted by atomic mass is 16.6. The topological polar surface area (TPSA) is 26.3 Å². The maximum absolute atomic E-state index is 10.6. The molecular weight excluding hydrogens is 116 g/mol. The van der Waals surface area contributed by atoms with E-state index in [-0.39, 0.29) is 11.6 Å². The number of rotatable bonds is 2. The number of fused-ring (bicyclic) bond motifs is 1. The van der Waals surface area contributed by atoms with Gasteiger partial charge in [-0.2, -0.15) is 0 Å². The van der Waals surface area contributed by atoms with Gasteiger partial charge in [0, 0.05) is 12.0 Å². The first-order valence-corrected chi connectivity index (χ1v) is 3.12. The summed E-state index contributed by atoms with van der Waals surface area (Å²) < 4.78 is 5.02. The Morgan fingerprint density at radius 3 is 2.67 bits per heavy atom. The second kappa shape index (κ2) is 1.20. The number of ether oxygens (including phenoxy) is 1. The van der Waals surface area contributed by atoms with Crippen molar-refractivity contribution >= 4 is 5.97 Å². The number of hydrogen-bond acceptors (Lipinski definition) is 2. The van der Waals surface area contributed by atoms with Crippen LogP contribution in [0.1, 0.15) is 12.8 Å². The van der Waals surface area contributed by atoms with Crippen molar-refractivity contribution in [1.29, 1.82) is 0 Å². The summed E-state index contributed by atoms with van der Waals surface area (Å²) in [5, 5.41) is 0. The lowest BCUT2D eigenvalue weighted by atomic mass is 10.4. The summed E-state index contributed by atoms with van der Waals surface area (Å²) in [7, 11) is 0. The largest absolute Gasteiger partial charge is 0.456 e. The minimum absolute atomic E-state index is 0.0191. The van der Waals surface area contributed by atoms with E-state index >= 15 is 0 Å². The molecule has 0 aromatic carbocycles. The van der Waals surface area contributed by atoms with Crippen LogP contribution < -0.4 is 0 Å². The zero-order valence-corrected chi connectivity index (χ0v) is 5.09. The van der Waals surface area contributed by atoms with Crippen molar-refractivity contribution in [3.05, 3.63) is 12.7 Å². The molecule has 2 rings (SSSR count). The summed E-state index contributed by atoms with van der Waals surface area (Å²) in [6.07, 6.45) is 3.40. The maximum Gasteiger partial charge on any atom is 0.330 e. The molecule has 2 aliphatic carbocycles. The van der Waals surface area contributed by atoms with E-state index < -0.39 is 0 Å².